The van der Waals surface area contributed by atoms with E-state index in [-0.39, 0.29) is 11.9 Å². The van der Waals surface area contributed by atoms with Crippen LogP contribution in [0.15, 0.2) is 78.9 Å². The van der Waals surface area contributed by atoms with Gasteiger partial charge in [0, 0.05) is 30.8 Å². The Balaban J connectivity index is 1.48. The van der Waals surface area contributed by atoms with Gasteiger partial charge in [-0.2, -0.15) is 0 Å². The van der Waals surface area contributed by atoms with Gasteiger partial charge in [-0.05, 0) is 42.0 Å². The van der Waals surface area contributed by atoms with Crippen LogP contribution in [0.25, 0.3) is 0 Å². The van der Waals surface area contributed by atoms with Gasteiger partial charge in [0.05, 0.1) is 6.04 Å². The van der Waals surface area contributed by atoms with Crippen LogP contribution in [0.2, 0.25) is 0 Å². The van der Waals surface area contributed by atoms with Crippen molar-refractivity contribution in [2.75, 3.05) is 11.9 Å². The van der Waals surface area contributed by atoms with Crippen LogP contribution in [0.4, 0.5) is 5.69 Å². The number of benzene rings is 3. The summed E-state index contributed by atoms with van der Waals surface area (Å²) in [5, 5.41) is 3.59. The summed E-state index contributed by atoms with van der Waals surface area (Å²) in [7, 11) is 0. The van der Waals surface area contributed by atoms with E-state index in [1.165, 1.54) is 24.8 Å². The summed E-state index contributed by atoms with van der Waals surface area (Å²) in [6.45, 7) is 1.75. The molecule has 1 aliphatic heterocycles. The van der Waals surface area contributed by atoms with Gasteiger partial charge in [0.15, 0.2) is 0 Å². The Morgan fingerprint density at radius 3 is 2.44 bits per heavy atom. The molecule has 3 aromatic rings. The number of carbonyl (C=O) groups excluding carboxylic acids is 1. The van der Waals surface area contributed by atoms with E-state index in [1.807, 2.05) is 24.3 Å². The molecule has 1 heterocycles. The second-order valence-electron chi connectivity index (χ2n) is 9.63. The summed E-state index contributed by atoms with van der Waals surface area (Å²) < 4.78 is 6.41. The normalized spacial score (nSPS) is 18.4. The van der Waals surface area contributed by atoms with Gasteiger partial charge in [0.25, 0.3) is 0 Å². The number of carbonyl (C=O) groups is 1. The standard InChI is InChI=1S/C30H34N2O2/c33-30(18-17-23-11-8-12-23)32-21-26-14-4-6-15-28(26)31-20-25-13-5-7-16-29(25)34-22-27(32)19-24-9-2-1-3-10-24/h1-7,9-10,13-16,23,27,31H,8,11-12,17-22H2/t27-/m0/s1. The molecule has 0 aromatic heterocycles. The second kappa shape index (κ2) is 10.8. The van der Waals surface area contributed by atoms with Gasteiger partial charge in [0.2, 0.25) is 5.91 Å². The molecule has 2 aliphatic rings. The number of ether oxygens (including phenoxy) is 1. The van der Waals surface area contributed by atoms with Crippen LogP contribution in [-0.2, 0) is 24.3 Å². The Labute approximate surface area is 202 Å². The van der Waals surface area contributed by atoms with Crippen LogP contribution in [-0.4, -0.2) is 23.5 Å². The number of rotatable bonds is 5. The van der Waals surface area contributed by atoms with Gasteiger partial charge < -0.3 is 15.0 Å². The lowest BCUT2D eigenvalue weighted by molar-refractivity contribution is -0.135. The molecule has 4 heteroatoms. The highest BCUT2D eigenvalue weighted by Crippen LogP contribution is 2.31. The van der Waals surface area contributed by atoms with E-state index < -0.39 is 0 Å². The molecule has 1 atom stereocenters. The summed E-state index contributed by atoms with van der Waals surface area (Å²) in [6, 6.07) is 27.0. The van der Waals surface area contributed by atoms with Crippen molar-refractivity contribution in [3.8, 4) is 5.75 Å². The molecule has 1 amide bonds. The quantitative estimate of drug-likeness (QED) is 0.498. The van der Waals surface area contributed by atoms with Gasteiger partial charge in [-0.1, -0.05) is 86.0 Å². The molecule has 1 saturated carbocycles. The highest BCUT2D eigenvalue weighted by Gasteiger charge is 2.28. The maximum absolute atomic E-state index is 13.7. The molecule has 0 spiro atoms. The lowest BCUT2D eigenvalue weighted by Gasteiger charge is -2.34. The van der Waals surface area contributed by atoms with Crippen LogP contribution in [0, 0.1) is 5.92 Å². The number of nitrogens with one attached hydrogen (secondary N) is 1. The van der Waals surface area contributed by atoms with Crippen molar-refractivity contribution >= 4 is 11.6 Å². The number of amides is 1. The van der Waals surface area contributed by atoms with Crippen molar-refractivity contribution < 1.29 is 9.53 Å². The van der Waals surface area contributed by atoms with Crippen LogP contribution in [0.1, 0.15) is 48.8 Å². The lowest BCUT2D eigenvalue weighted by Crippen LogP contribution is -2.44. The van der Waals surface area contributed by atoms with Crippen LogP contribution in [0.5, 0.6) is 5.75 Å². The Bertz CT molecular complexity index is 1090. The molecule has 0 unspecified atom stereocenters. The minimum Gasteiger partial charge on any atom is -0.491 e. The number of hydrogen-bond acceptors (Lipinski definition) is 3. The van der Waals surface area contributed by atoms with Gasteiger partial charge in [-0.25, -0.2) is 0 Å². The molecule has 1 N–H and O–H groups in total. The Hall–Kier alpha value is -3.27. The Morgan fingerprint density at radius 2 is 1.65 bits per heavy atom. The minimum atomic E-state index is -0.0458. The molecule has 176 valence electrons. The SMILES string of the molecule is O=C(CCC1CCC1)N1Cc2ccccc2NCc2ccccc2OC[C@@H]1Cc1ccccc1. The van der Waals surface area contributed by atoms with E-state index in [4.69, 9.17) is 4.74 Å². The third kappa shape index (κ3) is 5.44. The first-order valence-electron chi connectivity index (χ1n) is 12.6. The fourth-order valence-electron chi connectivity index (χ4n) is 5.00. The highest BCUT2D eigenvalue weighted by atomic mass is 16.5. The molecule has 34 heavy (non-hydrogen) atoms. The molecule has 1 aliphatic carbocycles. The molecule has 0 bridgehead atoms. The van der Waals surface area contributed by atoms with E-state index in [9.17, 15) is 4.79 Å². The smallest absolute Gasteiger partial charge is 0.223 e. The van der Waals surface area contributed by atoms with Crippen LogP contribution in [0.3, 0.4) is 0 Å². The molecule has 4 nitrogen and oxygen atoms in total. The average molecular weight is 455 g/mol. The second-order valence-corrected chi connectivity index (χ2v) is 9.63. The third-order valence-electron chi connectivity index (χ3n) is 7.30. The minimum absolute atomic E-state index is 0.0458. The predicted octanol–water partition coefficient (Wildman–Crippen LogP) is 6.21. The number of hydrogen-bond donors (Lipinski definition) is 1. The van der Waals surface area contributed by atoms with E-state index in [1.54, 1.807) is 0 Å². The fraction of sp³-hybridized carbons (Fsp3) is 0.367. The maximum atomic E-state index is 13.7. The molecule has 1 fully saturated rings. The lowest BCUT2D eigenvalue weighted by atomic mass is 9.82. The Kier molecular flexibility index (Phi) is 7.13. The summed E-state index contributed by atoms with van der Waals surface area (Å²) >= 11 is 0. The number of anilines is 1. The largest absolute Gasteiger partial charge is 0.491 e. The van der Waals surface area contributed by atoms with Crippen LogP contribution >= 0.6 is 0 Å². The molecule has 0 radical (unpaired) electrons. The first-order chi connectivity index (χ1) is 16.8. The van der Waals surface area contributed by atoms with Gasteiger partial charge >= 0.3 is 0 Å². The zero-order chi connectivity index (χ0) is 23.2. The van der Waals surface area contributed by atoms with E-state index >= 15 is 0 Å². The molecular weight excluding hydrogens is 420 g/mol. The Morgan fingerprint density at radius 1 is 0.912 bits per heavy atom. The first kappa shape index (κ1) is 22.5. The summed E-state index contributed by atoms with van der Waals surface area (Å²) in [4.78, 5) is 15.8. The van der Waals surface area contributed by atoms with Gasteiger partial charge in [-0.3, -0.25) is 4.79 Å². The number of fused-ring (bicyclic) bond motifs is 2. The topological polar surface area (TPSA) is 41.6 Å². The van der Waals surface area contributed by atoms with Crippen molar-refractivity contribution in [2.45, 2.75) is 57.7 Å². The maximum Gasteiger partial charge on any atom is 0.223 e. The van der Waals surface area contributed by atoms with Crippen molar-refractivity contribution in [1.29, 1.82) is 0 Å². The zero-order valence-electron chi connectivity index (χ0n) is 19.8. The summed E-state index contributed by atoms with van der Waals surface area (Å²) in [5.74, 6) is 1.84. The van der Waals surface area contributed by atoms with E-state index in [2.05, 4.69) is 64.8 Å². The monoisotopic (exact) mass is 454 g/mol. The zero-order valence-corrected chi connectivity index (χ0v) is 19.8. The first-order valence-corrected chi connectivity index (χ1v) is 12.6. The summed E-state index contributed by atoms with van der Waals surface area (Å²) in [6.07, 6.45) is 6.24. The van der Waals surface area contributed by atoms with E-state index in [0.717, 1.165) is 41.3 Å². The number of para-hydroxylation sites is 2. The molecule has 0 saturated heterocycles. The van der Waals surface area contributed by atoms with Crippen molar-refractivity contribution in [3.63, 3.8) is 0 Å². The van der Waals surface area contributed by atoms with Crippen molar-refractivity contribution in [1.82, 2.24) is 4.90 Å². The molecule has 5 rings (SSSR count). The van der Waals surface area contributed by atoms with Crippen molar-refractivity contribution in [2.24, 2.45) is 5.92 Å². The molecule has 3 aromatic carbocycles. The van der Waals surface area contributed by atoms with Crippen LogP contribution < -0.4 is 10.1 Å². The molecular formula is C30H34N2O2. The van der Waals surface area contributed by atoms with Crippen molar-refractivity contribution in [3.05, 3.63) is 95.6 Å². The fourth-order valence-corrected chi connectivity index (χ4v) is 5.00. The van der Waals surface area contributed by atoms with Gasteiger partial charge in [-0.15, -0.1) is 0 Å². The van der Waals surface area contributed by atoms with Gasteiger partial charge in [0.1, 0.15) is 12.4 Å². The highest BCUT2D eigenvalue weighted by molar-refractivity contribution is 5.77. The third-order valence-corrected chi connectivity index (χ3v) is 7.30. The number of nitrogens with zero attached hydrogens (tertiary/aromatic N) is 1. The van der Waals surface area contributed by atoms with E-state index in [0.29, 0.717) is 26.1 Å². The summed E-state index contributed by atoms with van der Waals surface area (Å²) in [5.41, 5.74) is 4.58. The average Bonchev–Trinajstić information content (AvgIpc) is 2.87. The predicted molar refractivity (Wildman–Crippen MR) is 137 cm³/mol.